The summed E-state index contributed by atoms with van der Waals surface area (Å²) in [5.74, 6) is 1.95. The molecule has 0 spiro atoms. The van der Waals surface area contributed by atoms with Crippen LogP contribution in [0.2, 0.25) is 0 Å². The number of nitrogens with zero attached hydrogens (tertiary/aromatic N) is 3. The second-order valence-electron chi connectivity index (χ2n) is 6.67. The highest BCUT2D eigenvalue weighted by Gasteiger charge is 2.16. The molecule has 2 aromatic heterocycles. The fourth-order valence-corrected chi connectivity index (χ4v) is 4.27. The number of rotatable bonds is 8. The van der Waals surface area contributed by atoms with E-state index in [0.717, 1.165) is 23.7 Å². The van der Waals surface area contributed by atoms with E-state index < -0.39 is 0 Å². The lowest BCUT2D eigenvalue weighted by molar-refractivity contribution is -0.115. The van der Waals surface area contributed by atoms with Crippen molar-refractivity contribution in [3.05, 3.63) is 60.4 Å². The van der Waals surface area contributed by atoms with Crippen LogP contribution in [0.4, 0.5) is 5.69 Å². The van der Waals surface area contributed by atoms with Crippen molar-refractivity contribution in [1.82, 2.24) is 14.8 Å². The lowest BCUT2D eigenvalue weighted by Crippen LogP contribution is -2.12. The van der Waals surface area contributed by atoms with Gasteiger partial charge in [0.05, 0.1) is 6.26 Å². The minimum absolute atomic E-state index is 0.00601. The van der Waals surface area contributed by atoms with Gasteiger partial charge < -0.3 is 9.73 Å². The highest BCUT2D eigenvalue weighted by Crippen LogP contribution is 2.26. The zero-order valence-electron chi connectivity index (χ0n) is 15.6. The molecule has 1 aliphatic carbocycles. The molecule has 0 unspecified atom stereocenters. The van der Waals surface area contributed by atoms with Crippen LogP contribution < -0.4 is 5.32 Å². The van der Waals surface area contributed by atoms with Crippen LogP contribution in [0.1, 0.15) is 24.0 Å². The highest BCUT2D eigenvalue weighted by atomic mass is 32.2. The van der Waals surface area contributed by atoms with E-state index in [2.05, 4.69) is 34.2 Å². The van der Waals surface area contributed by atoms with Crippen molar-refractivity contribution in [1.29, 1.82) is 0 Å². The fraction of sp³-hybridized carbons (Fsp3) is 0.286. The fourth-order valence-electron chi connectivity index (χ4n) is 3.39. The van der Waals surface area contributed by atoms with Crippen LogP contribution in [0.5, 0.6) is 0 Å². The number of fused-ring (bicyclic) bond motifs is 1. The number of hydrogen-bond acceptors (Lipinski definition) is 5. The Bertz CT molecular complexity index is 978. The van der Waals surface area contributed by atoms with Gasteiger partial charge >= 0.3 is 0 Å². The average Bonchev–Trinajstić information content (AvgIpc) is 3.42. The molecule has 4 rings (SSSR count). The van der Waals surface area contributed by atoms with Crippen molar-refractivity contribution in [3.63, 3.8) is 0 Å². The average molecular weight is 395 g/mol. The van der Waals surface area contributed by atoms with Gasteiger partial charge in [-0.05, 0) is 54.7 Å². The summed E-state index contributed by atoms with van der Waals surface area (Å²) in [5, 5.41) is 12.2. The Morgan fingerprint density at radius 3 is 3.00 bits per heavy atom. The number of nitrogens with one attached hydrogen (secondary N) is 1. The van der Waals surface area contributed by atoms with E-state index in [1.54, 1.807) is 12.3 Å². The summed E-state index contributed by atoms with van der Waals surface area (Å²) in [6.07, 6.45) is 7.25. The first-order valence-corrected chi connectivity index (χ1v) is 10.4. The molecule has 3 aromatic rings. The molecule has 2 heterocycles. The molecular weight excluding hydrogens is 372 g/mol. The Hall–Kier alpha value is -2.80. The van der Waals surface area contributed by atoms with Crippen LogP contribution in [0, 0.1) is 0 Å². The van der Waals surface area contributed by atoms with Gasteiger partial charge in [0.1, 0.15) is 0 Å². The van der Waals surface area contributed by atoms with Gasteiger partial charge in [0.2, 0.25) is 11.7 Å². The summed E-state index contributed by atoms with van der Waals surface area (Å²) in [7, 11) is 0. The summed E-state index contributed by atoms with van der Waals surface area (Å²) in [4.78, 5) is 12.3. The van der Waals surface area contributed by atoms with Crippen molar-refractivity contribution >= 4 is 23.4 Å². The van der Waals surface area contributed by atoms with Gasteiger partial charge in [-0.1, -0.05) is 23.9 Å². The standard InChI is InChI=1S/C21H22N4O2S/c1-2-11-25-20(18-7-4-12-27-18)23-24-21(25)28-13-10-19(26)22-17-9-8-15-5-3-6-16(15)14-17/h2,4,7-9,12,14H,1,3,5-6,10-11,13H2,(H,22,26). The number of benzene rings is 1. The predicted molar refractivity (Wildman–Crippen MR) is 110 cm³/mol. The van der Waals surface area contributed by atoms with E-state index in [1.807, 2.05) is 22.8 Å². The Balaban J connectivity index is 1.34. The van der Waals surface area contributed by atoms with Gasteiger partial charge in [-0.2, -0.15) is 0 Å². The molecule has 28 heavy (non-hydrogen) atoms. The lowest BCUT2D eigenvalue weighted by Gasteiger charge is -2.08. The van der Waals surface area contributed by atoms with Gasteiger partial charge in [0.15, 0.2) is 10.9 Å². The smallest absolute Gasteiger partial charge is 0.225 e. The predicted octanol–water partition coefficient (Wildman–Crippen LogP) is 4.33. The normalized spacial score (nSPS) is 12.7. The Morgan fingerprint density at radius 1 is 1.29 bits per heavy atom. The molecular formula is C21H22N4O2S. The van der Waals surface area contributed by atoms with E-state index in [4.69, 9.17) is 4.42 Å². The maximum absolute atomic E-state index is 12.3. The van der Waals surface area contributed by atoms with Crippen LogP contribution in [0.25, 0.3) is 11.6 Å². The number of aromatic nitrogens is 3. The molecule has 0 aliphatic heterocycles. The topological polar surface area (TPSA) is 73.0 Å². The van der Waals surface area contributed by atoms with E-state index in [0.29, 0.717) is 30.3 Å². The van der Waals surface area contributed by atoms with Crippen molar-refractivity contribution < 1.29 is 9.21 Å². The second-order valence-corrected chi connectivity index (χ2v) is 7.73. The Labute approximate surface area is 168 Å². The van der Waals surface area contributed by atoms with Crippen molar-refractivity contribution in [2.45, 2.75) is 37.4 Å². The molecule has 1 N–H and O–H groups in total. The second kappa shape index (κ2) is 8.48. The number of hydrogen-bond donors (Lipinski definition) is 1. The van der Waals surface area contributed by atoms with E-state index in [1.165, 1.54) is 29.3 Å². The first-order valence-electron chi connectivity index (χ1n) is 9.37. The molecule has 6 nitrogen and oxygen atoms in total. The SMILES string of the molecule is C=CCn1c(SCCC(=O)Nc2ccc3c(c2)CCC3)nnc1-c1ccco1. The van der Waals surface area contributed by atoms with Gasteiger partial charge in [-0.3, -0.25) is 9.36 Å². The van der Waals surface area contributed by atoms with Crippen LogP contribution in [0.3, 0.4) is 0 Å². The van der Waals surface area contributed by atoms with Gasteiger partial charge in [0.25, 0.3) is 0 Å². The number of anilines is 1. The minimum Gasteiger partial charge on any atom is -0.461 e. The first kappa shape index (κ1) is 18.6. The van der Waals surface area contributed by atoms with Crippen LogP contribution in [-0.2, 0) is 24.2 Å². The summed E-state index contributed by atoms with van der Waals surface area (Å²) in [6, 6.07) is 9.89. The highest BCUT2D eigenvalue weighted by molar-refractivity contribution is 7.99. The number of amides is 1. The minimum atomic E-state index is 0.00601. The monoisotopic (exact) mass is 394 g/mol. The van der Waals surface area contributed by atoms with Crippen molar-refractivity contribution in [2.24, 2.45) is 0 Å². The van der Waals surface area contributed by atoms with E-state index in [-0.39, 0.29) is 5.91 Å². The van der Waals surface area contributed by atoms with Gasteiger partial charge in [-0.25, -0.2) is 0 Å². The molecule has 0 saturated heterocycles. The first-order chi connectivity index (χ1) is 13.7. The lowest BCUT2D eigenvalue weighted by atomic mass is 10.1. The molecule has 1 amide bonds. The number of furan rings is 1. The number of thioether (sulfide) groups is 1. The summed E-state index contributed by atoms with van der Waals surface area (Å²) in [5.41, 5.74) is 3.64. The quantitative estimate of drug-likeness (QED) is 0.455. The third kappa shape index (κ3) is 4.04. The van der Waals surface area contributed by atoms with E-state index >= 15 is 0 Å². The number of aryl methyl sites for hydroxylation is 2. The van der Waals surface area contributed by atoms with Gasteiger partial charge in [-0.15, -0.1) is 16.8 Å². The summed E-state index contributed by atoms with van der Waals surface area (Å²) in [6.45, 7) is 4.37. The van der Waals surface area contributed by atoms with Crippen molar-refractivity contribution in [3.8, 4) is 11.6 Å². The number of carbonyl (C=O) groups is 1. The Morgan fingerprint density at radius 2 is 2.18 bits per heavy atom. The maximum Gasteiger partial charge on any atom is 0.225 e. The zero-order chi connectivity index (χ0) is 19.3. The maximum atomic E-state index is 12.3. The zero-order valence-corrected chi connectivity index (χ0v) is 16.4. The molecule has 0 atom stereocenters. The number of carbonyl (C=O) groups excluding carboxylic acids is 1. The number of allylic oxidation sites excluding steroid dienone is 1. The summed E-state index contributed by atoms with van der Waals surface area (Å²) < 4.78 is 7.37. The largest absolute Gasteiger partial charge is 0.461 e. The van der Waals surface area contributed by atoms with Gasteiger partial charge in [0, 0.05) is 24.4 Å². The molecule has 0 bridgehead atoms. The van der Waals surface area contributed by atoms with E-state index in [9.17, 15) is 4.79 Å². The molecule has 1 aromatic carbocycles. The molecule has 0 fully saturated rings. The van der Waals surface area contributed by atoms with Crippen LogP contribution >= 0.6 is 11.8 Å². The summed E-state index contributed by atoms with van der Waals surface area (Å²) >= 11 is 1.50. The molecule has 144 valence electrons. The molecule has 7 heteroatoms. The van der Waals surface area contributed by atoms with Crippen molar-refractivity contribution in [2.75, 3.05) is 11.1 Å². The van der Waals surface area contributed by atoms with Crippen LogP contribution in [-0.4, -0.2) is 26.4 Å². The molecule has 0 radical (unpaired) electrons. The molecule has 0 saturated carbocycles. The van der Waals surface area contributed by atoms with Crippen LogP contribution in [0.15, 0.2) is 58.8 Å². The third-order valence-electron chi connectivity index (χ3n) is 4.71. The third-order valence-corrected chi connectivity index (χ3v) is 5.68. The Kier molecular flexibility index (Phi) is 5.62. The molecule has 1 aliphatic rings.